The number of likely N-dealkylation sites (tertiary alicyclic amines) is 1. The second-order valence-electron chi connectivity index (χ2n) is 8.21. The number of thioether (sulfide) groups is 1. The number of aliphatic hydroxyl groups excluding tert-OH is 1. The molecule has 0 bridgehead atoms. The van der Waals surface area contributed by atoms with E-state index in [-0.39, 0.29) is 18.9 Å². The van der Waals surface area contributed by atoms with Crippen LogP contribution in [0.25, 0.3) is 11.1 Å². The van der Waals surface area contributed by atoms with Gasteiger partial charge in [-0.1, -0.05) is 35.9 Å². The van der Waals surface area contributed by atoms with E-state index in [0.29, 0.717) is 16.4 Å². The van der Waals surface area contributed by atoms with E-state index in [4.69, 9.17) is 11.6 Å². The van der Waals surface area contributed by atoms with Gasteiger partial charge in [0.25, 0.3) is 0 Å². The van der Waals surface area contributed by atoms with Gasteiger partial charge in [-0.3, -0.25) is 4.79 Å². The van der Waals surface area contributed by atoms with Crippen molar-refractivity contribution < 1.29 is 14.7 Å². The molecule has 6 nitrogen and oxygen atoms in total. The van der Waals surface area contributed by atoms with Crippen molar-refractivity contribution in [1.29, 1.82) is 0 Å². The number of hydrogen-bond donors (Lipinski definition) is 3. The highest BCUT2D eigenvalue weighted by atomic mass is 35.5. The van der Waals surface area contributed by atoms with Crippen LogP contribution in [0.5, 0.6) is 0 Å². The van der Waals surface area contributed by atoms with Crippen molar-refractivity contribution in [3.63, 3.8) is 0 Å². The zero-order valence-corrected chi connectivity index (χ0v) is 20.5. The molecule has 3 amide bonds. The second kappa shape index (κ2) is 10.5. The van der Waals surface area contributed by atoms with E-state index in [0.717, 1.165) is 16.7 Å². The molecular weight excluding hydrogens is 470 g/mol. The maximum Gasteiger partial charge on any atom is 0.322 e. The Morgan fingerprint density at radius 2 is 1.79 bits per heavy atom. The van der Waals surface area contributed by atoms with E-state index < -0.39 is 18.2 Å². The maximum absolute atomic E-state index is 13.1. The van der Waals surface area contributed by atoms with Crippen LogP contribution in [-0.2, 0) is 4.79 Å². The quantitative estimate of drug-likeness (QED) is 0.400. The molecular formula is C26H26ClN3O3S. The summed E-state index contributed by atoms with van der Waals surface area (Å²) in [4.78, 5) is 28.5. The number of β-amino-alcohol motifs (C(OH)–C–C–N with tert-alkyl or cyclic N) is 1. The van der Waals surface area contributed by atoms with Gasteiger partial charge in [-0.2, -0.15) is 0 Å². The minimum Gasteiger partial charge on any atom is -0.391 e. The topological polar surface area (TPSA) is 81.7 Å². The zero-order chi connectivity index (χ0) is 24.2. The number of aliphatic hydroxyl groups is 1. The summed E-state index contributed by atoms with van der Waals surface area (Å²) in [7, 11) is 0. The van der Waals surface area contributed by atoms with E-state index in [9.17, 15) is 14.7 Å². The molecule has 4 rings (SSSR count). The summed E-state index contributed by atoms with van der Waals surface area (Å²) in [5.74, 6) is -0.330. The van der Waals surface area contributed by atoms with Crippen LogP contribution >= 0.6 is 23.4 Å². The molecule has 176 valence electrons. The Morgan fingerprint density at radius 1 is 1.06 bits per heavy atom. The Morgan fingerprint density at radius 3 is 2.50 bits per heavy atom. The second-order valence-corrected chi connectivity index (χ2v) is 9.50. The van der Waals surface area contributed by atoms with E-state index in [1.807, 2.05) is 43.5 Å². The van der Waals surface area contributed by atoms with Crippen molar-refractivity contribution >= 4 is 46.7 Å². The summed E-state index contributed by atoms with van der Waals surface area (Å²) in [5, 5.41) is 16.4. The number of halogens is 1. The molecule has 1 saturated heterocycles. The lowest BCUT2D eigenvalue weighted by atomic mass is 10.0. The fraction of sp³-hybridized carbons (Fsp3) is 0.231. The Labute approximate surface area is 208 Å². The molecule has 34 heavy (non-hydrogen) atoms. The van der Waals surface area contributed by atoms with Crippen LogP contribution in [0.15, 0.2) is 71.6 Å². The lowest BCUT2D eigenvalue weighted by molar-refractivity contribution is -0.119. The summed E-state index contributed by atoms with van der Waals surface area (Å²) in [6, 6.07) is 19.6. The van der Waals surface area contributed by atoms with E-state index in [1.54, 1.807) is 36.0 Å². The van der Waals surface area contributed by atoms with Crippen molar-refractivity contribution in [1.82, 2.24) is 4.90 Å². The van der Waals surface area contributed by atoms with Crippen LogP contribution in [0.2, 0.25) is 5.02 Å². The molecule has 3 N–H and O–H groups in total. The molecule has 0 saturated carbocycles. The largest absolute Gasteiger partial charge is 0.391 e. The molecule has 0 radical (unpaired) electrons. The van der Waals surface area contributed by atoms with Gasteiger partial charge in [-0.15, -0.1) is 11.8 Å². The zero-order valence-electron chi connectivity index (χ0n) is 18.9. The van der Waals surface area contributed by atoms with Crippen LogP contribution in [0.3, 0.4) is 0 Å². The fourth-order valence-corrected chi connectivity index (χ4v) is 4.83. The SMILES string of the molecule is CSc1ccccc1-c1ccc(NC(=O)C2CC(O)CN2C(=O)Nc2ccc(Cl)cc2)c(C)c1. The number of amides is 3. The van der Waals surface area contributed by atoms with Crippen molar-refractivity contribution in [2.75, 3.05) is 23.4 Å². The summed E-state index contributed by atoms with van der Waals surface area (Å²) in [6.07, 6.45) is 1.46. The highest BCUT2D eigenvalue weighted by Crippen LogP contribution is 2.32. The van der Waals surface area contributed by atoms with Gasteiger partial charge < -0.3 is 20.6 Å². The number of aryl methyl sites for hydroxylation is 1. The summed E-state index contributed by atoms with van der Waals surface area (Å²) >= 11 is 7.59. The minimum atomic E-state index is -0.779. The molecule has 1 fully saturated rings. The minimum absolute atomic E-state index is 0.0842. The van der Waals surface area contributed by atoms with Crippen molar-refractivity contribution in [3.05, 3.63) is 77.3 Å². The van der Waals surface area contributed by atoms with Crippen LogP contribution in [0.1, 0.15) is 12.0 Å². The van der Waals surface area contributed by atoms with Crippen molar-refractivity contribution in [3.8, 4) is 11.1 Å². The predicted octanol–water partition coefficient (Wildman–Crippen LogP) is 5.64. The van der Waals surface area contributed by atoms with E-state index in [2.05, 4.69) is 22.8 Å². The molecule has 0 aromatic heterocycles. The van der Waals surface area contributed by atoms with Gasteiger partial charge in [-0.05, 0) is 72.3 Å². The number of benzene rings is 3. The summed E-state index contributed by atoms with van der Waals surface area (Å²) < 4.78 is 0. The molecule has 1 aliphatic heterocycles. The average molecular weight is 496 g/mol. The molecule has 2 atom stereocenters. The number of anilines is 2. The molecule has 3 aromatic rings. The third kappa shape index (κ3) is 5.38. The number of carbonyl (C=O) groups excluding carboxylic acids is 2. The molecule has 1 heterocycles. The number of nitrogens with zero attached hydrogens (tertiary/aromatic N) is 1. The lowest BCUT2D eigenvalue weighted by Gasteiger charge is -2.24. The fourth-order valence-electron chi connectivity index (χ4n) is 4.09. The van der Waals surface area contributed by atoms with Crippen LogP contribution in [0, 0.1) is 6.92 Å². The van der Waals surface area contributed by atoms with Crippen molar-refractivity contribution in [2.24, 2.45) is 0 Å². The molecule has 0 spiro atoms. The first-order chi connectivity index (χ1) is 16.4. The monoisotopic (exact) mass is 495 g/mol. The normalized spacial score (nSPS) is 17.5. The summed E-state index contributed by atoms with van der Waals surface area (Å²) in [5.41, 5.74) is 4.36. The van der Waals surface area contributed by atoms with Gasteiger partial charge in [0, 0.05) is 34.3 Å². The number of rotatable bonds is 5. The van der Waals surface area contributed by atoms with Gasteiger partial charge in [0.05, 0.1) is 6.10 Å². The molecule has 2 unspecified atom stereocenters. The molecule has 8 heteroatoms. The first-order valence-corrected chi connectivity index (χ1v) is 12.5. The number of urea groups is 1. The molecule has 0 aliphatic carbocycles. The first kappa shape index (κ1) is 24.1. The van der Waals surface area contributed by atoms with E-state index >= 15 is 0 Å². The first-order valence-electron chi connectivity index (χ1n) is 10.9. The van der Waals surface area contributed by atoms with Gasteiger partial charge in [0.2, 0.25) is 5.91 Å². The Balaban J connectivity index is 1.48. The van der Waals surface area contributed by atoms with Crippen LogP contribution in [-0.4, -0.2) is 46.9 Å². The predicted molar refractivity (Wildman–Crippen MR) is 139 cm³/mol. The smallest absolute Gasteiger partial charge is 0.322 e. The highest BCUT2D eigenvalue weighted by molar-refractivity contribution is 7.98. The van der Waals surface area contributed by atoms with E-state index in [1.165, 1.54) is 9.80 Å². The van der Waals surface area contributed by atoms with Gasteiger partial charge in [0.15, 0.2) is 0 Å². The Bertz CT molecular complexity index is 1200. The standard InChI is InChI=1S/C26H26ClN3O3S/c1-16-13-17(21-5-3-4-6-24(21)34-2)7-12-22(16)29-25(32)23-14-20(31)15-30(23)26(33)28-19-10-8-18(27)9-11-19/h3-13,20,23,31H,14-15H2,1-2H3,(H,28,33)(H,29,32). The Kier molecular flexibility index (Phi) is 7.46. The number of nitrogens with one attached hydrogen (secondary N) is 2. The number of hydrogen-bond acceptors (Lipinski definition) is 4. The van der Waals surface area contributed by atoms with Gasteiger partial charge >= 0.3 is 6.03 Å². The van der Waals surface area contributed by atoms with Crippen LogP contribution in [0.4, 0.5) is 16.2 Å². The third-order valence-corrected chi connectivity index (χ3v) is 6.89. The average Bonchev–Trinajstić information content (AvgIpc) is 3.24. The van der Waals surface area contributed by atoms with Crippen molar-refractivity contribution in [2.45, 2.75) is 30.4 Å². The molecule has 1 aliphatic rings. The van der Waals surface area contributed by atoms with Gasteiger partial charge in [0.1, 0.15) is 6.04 Å². The molecule has 3 aromatic carbocycles. The lowest BCUT2D eigenvalue weighted by Crippen LogP contribution is -2.45. The maximum atomic E-state index is 13.1. The highest BCUT2D eigenvalue weighted by Gasteiger charge is 2.39. The Hall–Kier alpha value is -3.00. The van der Waals surface area contributed by atoms with Gasteiger partial charge in [-0.25, -0.2) is 4.79 Å². The third-order valence-electron chi connectivity index (χ3n) is 5.84. The van der Waals surface area contributed by atoms with Crippen LogP contribution < -0.4 is 10.6 Å². The summed E-state index contributed by atoms with van der Waals surface area (Å²) in [6.45, 7) is 2.02. The number of carbonyl (C=O) groups is 2.